The van der Waals surface area contributed by atoms with E-state index in [-0.39, 0.29) is 5.91 Å². The third-order valence-corrected chi connectivity index (χ3v) is 5.60. The van der Waals surface area contributed by atoms with Crippen molar-refractivity contribution in [3.8, 4) is 21.9 Å². The van der Waals surface area contributed by atoms with E-state index in [0.29, 0.717) is 18.1 Å². The third-order valence-electron chi connectivity index (χ3n) is 3.78. The average Bonchev–Trinajstić information content (AvgIpc) is 3.13. The zero-order chi connectivity index (χ0) is 17.2. The van der Waals surface area contributed by atoms with Crippen molar-refractivity contribution in [1.82, 2.24) is 0 Å². The Morgan fingerprint density at radius 1 is 1.00 bits per heavy atom. The van der Waals surface area contributed by atoms with Crippen LogP contribution in [0.1, 0.15) is 9.67 Å². The highest BCUT2D eigenvalue weighted by Crippen LogP contribution is 2.37. The molecule has 0 unspecified atom stereocenters. The zero-order valence-electron chi connectivity index (χ0n) is 13.1. The molecule has 4 rings (SSSR count). The molecule has 0 bridgehead atoms. The lowest BCUT2D eigenvalue weighted by molar-refractivity contribution is 0.103. The van der Waals surface area contributed by atoms with E-state index < -0.39 is 0 Å². The fraction of sp³-hybridized carbons (Fsp3) is 0.105. The number of para-hydroxylation sites is 1. The van der Waals surface area contributed by atoms with Crippen LogP contribution in [0.2, 0.25) is 0 Å². The first-order chi connectivity index (χ1) is 12.2. The number of fused-ring (bicyclic) bond motifs is 1. The number of carbonyl (C=O) groups excluding carboxylic acids is 1. The minimum atomic E-state index is -0.124. The molecule has 1 aromatic heterocycles. The summed E-state index contributed by atoms with van der Waals surface area (Å²) in [6.45, 7) is 1.13. The SMILES string of the molecule is O=C(Nc1ccccc1Br)c1ccc(-c2ccc3c(c2)OCCO3)s1. The first kappa shape index (κ1) is 16.2. The number of nitrogens with one attached hydrogen (secondary N) is 1. The normalized spacial score (nSPS) is 12.7. The monoisotopic (exact) mass is 415 g/mol. The van der Waals surface area contributed by atoms with Gasteiger partial charge in [-0.2, -0.15) is 0 Å². The first-order valence-corrected chi connectivity index (χ1v) is 9.37. The van der Waals surface area contributed by atoms with E-state index in [2.05, 4.69) is 21.2 Å². The van der Waals surface area contributed by atoms with E-state index in [9.17, 15) is 4.79 Å². The number of amides is 1. The van der Waals surface area contributed by atoms with Crippen LogP contribution in [-0.4, -0.2) is 19.1 Å². The molecule has 0 fully saturated rings. The number of hydrogen-bond donors (Lipinski definition) is 1. The number of halogens is 1. The number of ether oxygens (including phenoxy) is 2. The number of anilines is 1. The molecule has 0 atom stereocenters. The molecule has 0 saturated carbocycles. The molecular formula is C19H14BrNO3S. The van der Waals surface area contributed by atoms with Crippen LogP contribution >= 0.6 is 27.3 Å². The Hall–Kier alpha value is -2.31. The molecule has 3 aromatic rings. The molecule has 4 nitrogen and oxygen atoms in total. The van der Waals surface area contributed by atoms with Gasteiger partial charge >= 0.3 is 0 Å². The number of carbonyl (C=O) groups is 1. The highest BCUT2D eigenvalue weighted by Gasteiger charge is 2.15. The van der Waals surface area contributed by atoms with Crippen molar-refractivity contribution >= 4 is 38.9 Å². The molecule has 1 N–H and O–H groups in total. The van der Waals surface area contributed by atoms with Crippen molar-refractivity contribution in [3.05, 3.63) is 63.9 Å². The lowest BCUT2D eigenvalue weighted by Crippen LogP contribution is -2.15. The standard InChI is InChI=1S/C19H14BrNO3S/c20-13-3-1-2-4-14(13)21-19(22)18-8-7-17(25-18)12-5-6-15-16(11-12)24-10-9-23-15/h1-8,11H,9-10H2,(H,21,22). The van der Waals surface area contributed by atoms with Crippen LogP contribution in [0.3, 0.4) is 0 Å². The number of thiophene rings is 1. The molecule has 6 heteroatoms. The second-order valence-electron chi connectivity index (χ2n) is 5.46. The minimum absolute atomic E-state index is 0.124. The summed E-state index contributed by atoms with van der Waals surface area (Å²) in [4.78, 5) is 14.1. The van der Waals surface area contributed by atoms with Crippen LogP contribution < -0.4 is 14.8 Å². The highest BCUT2D eigenvalue weighted by atomic mass is 79.9. The zero-order valence-corrected chi connectivity index (χ0v) is 15.5. The summed E-state index contributed by atoms with van der Waals surface area (Å²) in [5.41, 5.74) is 1.76. The van der Waals surface area contributed by atoms with Crippen molar-refractivity contribution in [2.45, 2.75) is 0 Å². The van der Waals surface area contributed by atoms with Crippen LogP contribution in [0.25, 0.3) is 10.4 Å². The van der Waals surface area contributed by atoms with Crippen LogP contribution in [0.4, 0.5) is 5.69 Å². The second-order valence-corrected chi connectivity index (χ2v) is 7.39. The van der Waals surface area contributed by atoms with Gasteiger partial charge in [0.15, 0.2) is 11.5 Å². The van der Waals surface area contributed by atoms with Gasteiger partial charge in [0.1, 0.15) is 13.2 Å². The van der Waals surface area contributed by atoms with Gasteiger partial charge in [-0.05, 0) is 64.0 Å². The summed E-state index contributed by atoms with van der Waals surface area (Å²) in [6, 6.07) is 17.2. The lowest BCUT2D eigenvalue weighted by atomic mass is 10.1. The van der Waals surface area contributed by atoms with E-state index in [1.807, 2.05) is 54.6 Å². The molecule has 126 valence electrons. The van der Waals surface area contributed by atoms with Gasteiger partial charge in [0.25, 0.3) is 5.91 Å². The Balaban J connectivity index is 1.56. The maximum absolute atomic E-state index is 12.5. The number of hydrogen-bond acceptors (Lipinski definition) is 4. The molecule has 2 heterocycles. The largest absolute Gasteiger partial charge is 0.486 e. The molecule has 1 amide bonds. The molecule has 0 aliphatic carbocycles. The topological polar surface area (TPSA) is 47.6 Å². The predicted molar refractivity (Wildman–Crippen MR) is 103 cm³/mol. The Labute approximate surface area is 157 Å². The molecule has 25 heavy (non-hydrogen) atoms. The third kappa shape index (κ3) is 3.41. The van der Waals surface area contributed by atoms with Gasteiger partial charge in [-0.15, -0.1) is 11.3 Å². The van der Waals surface area contributed by atoms with Crippen molar-refractivity contribution in [1.29, 1.82) is 0 Å². The Kier molecular flexibility index (Phi) is 4.46. The maximum atomic E-state index is 12.5. The van der Waals surface area contributed by atoms with Gasteiger partial charge in [-0.1, -0.05) is 12.1 Å². The van der Waals surface area contributed by atoms with Crippen LogP contribution in [-0.2, 0) is 0 Å². The van der Waals surface area contributed by atoms with E-state index in [1.54, 1.807) is 0 Å². The summed E-state index contributed by atoms with van der Waals surface area (Å²) in [5.74, 6) is 1.38. The Bertz CT molecular complexity index is 938. The molecule has 0 spiro atoms. The molecule has 0 radical (unpaired) electrons. The Morgan fingerprint density at radius 3 is 2.64 bits per heavy atom. The van der Waals surface area contributed by atoms with Crippen molar-refractivity contribution in [2.24, 2.45) is 0 Å². The molecular weight excluding hydrogens is 402 g/mol. The van der Waals surface area contributed by atoms with Crippen LogP contribution in [0.15, 0.2) is 59.1 Å². The quantitative estimate of drug-likeness (QED) is 0.639. The van der Waals surface area contributed by atoms with E-state index >= 15 is 0 Å². The molecule has 0 saturated heterocycles. The smallest absolute Gasteiger partial charge is 0.265 e. The summed E-state index contributed by atoms with van der Waals surface area (Å²) < 4.78 is 12.0. The fourth-order valence-electron chi connectivity index (χ4n) is 2.56. The van der Waals surface area contributed by atoms with E-state index in [1.165, 1.54) is 11.3 Å². The summed E-state index contributed by atoms with van der Waals surface area (Å²) in [5, 5.41) is 2.92. The lowest BCUT2D eigenvalue weighted by Gasteiger charge is -2.18. The van der Waals surface area contributed by atoms with E-state index in [0.717, 1.165) is 32.1 Å². The fourth-order valence-corrected chi connectivity index (χ4v) is 3.84. The van der Waals surface area contributed by atoms with Gasteiger partial charge in [-0.25, -0.2) is 0 Å². The van der Waals surface area contributed by atoms with Gasteiger partial charge in [0, 0.05) is 9.35 Å². The first-order valence-electron chi connectivity index (χ1n) is 7.76. The van der Waals surface area contributed by atoms with Gasteiger partial charge in [-0.3, -0.25) is 4.79 Å². The van der Waals surface area contributed by atoms with Crippen LogP contribution in [0, 0.1) is 0 Å². The van der Waals surface area contributed by atoms with Gasteiger partial charge in [0.2, 0.25) is 0 Å². The molecule has 1 aliphatic heterocycles. The maximum Gasteiger partial charge on any atom is 0.265 e. The molecule has 1 aliphatic rings. The second kappa shape index (κ2) is 6.90. The van der Waals surface area contributed by atoms with Gasteiger partial charge in [0.05, 0.1) is 10.6 Å². The summed E-state index contributed by atoms with van der Waals surface area (Å²) in [6.07, 6.45) is 0. The van der Waals surface area contributed by atoms with Crippen molar-refractivity contribution in [3.63, 3.8) is 0 Å². The predicted octanol–water partition coefficient (Wildman–Crippen LogP) is 5.20. The summed E-state index contributed by atoms with van der Waals surface area (Å²) >= 11 is 4.88. The number of benzene rings is 2. The van der Waals surface area contributed by atoms with Gasteiger partial charge < -0.3 is 14.8 Å². The van der Waals surface area contributed by atoms with Crippen molar-refractivity contribution < 1.29 is 14.3 Å². The Morgan fingerprint density at radius 2 is 1.80 bits per heavy atom. The van der Waals surface area contributed by atoms with Crippen LogP contribution in [0.5, 0.6) is 11.5 Å². The van der Waals surface area contributed by atoms with Crippen molar-refractivity contribution in [2.75, 3.05) is 18.5 Å². The minimum Gasteiger partial charge on any atom is -0.486 e. The summed E-state index contributed by atoms with van der Waals surface area (Å²) in [7, 11) is 0. The average molecular weight is 416 g/mol. The highest BCUT2D eigenvalue weighted by molar-refractivity contribution is 9.10. The number of rotatable bonds is 3. The molecule has 2 aromatic carbocycles. The van der Waals surface area contributed by atoms with E-state index in [4.69, 9.17) is 9.47 Å².